The van der Waals surface area contributed by atoms with Crippen LogP contribution in [0.3, 0.4) is 0 Å². The predicted molar refractivity (Wildman–Crippen MR) is 112 cm³/mol. The zero-order valence-corrected chi connectivity index (χ0v) is 17.8. The van der Waals surface area contributed by atoms with Gasteiger partial charge in [-0.1, -0.05) is 0 Å². The smallest absolute Gasteiger partial charge is 0.245 e. The fraction of sp³-hybridized carbons (Fsp3) is 0.762. The highest BCUT2D eigenvalue weighted by molar-refractivity contribution is 7.99. The van der Waals surface area contributed by atoms with Crippen LogP contribution in [-0.2, 0) is 16.1 Å². The number of hydrogen-bond acceptors (Lipinski definition) is 5. The van der Waals surface area contributed by atoms with Crippen molar-refractivity contribution >= 4 is 23.6 Å². The standard InChI is InChI=1S/C21H31N5O2S/c27-19-4-1-3-18-16-13-17(15-23(14-16)7-8-25-6-2-5-22-25)20(26(18)19)21(28)24-9-11-29-12-10-24/h2,5-6,16-18,20H,1,3-4,7-15H2/t16-,17+,18-,20+/m0/s1. The van der Waals surface area contributed by atoms with Crippen molar-refractivity contribution in [2.45, 2.75) is 44.3 Å². The van der Waals surface area contributed by atoms with E-state index in [1.54, 1.807) is 0 Å². The molecule has 1 aromatic heterocycles. The molecule has 0 aliphatic carbocycles. The van der Waals surface area contributed by atoms with Crippen molar-refractivity contribution in [3.05, 3.63) is 18.5 Å². The van der Waals surface area contributed by atoms with Gasteiger partial charge < -0.3 is 14.7 Å². The Hall–Kier alpha value is -1.54. The maximum Gasteiger partial charge on any atom is 0.245 e. The van der Waals surface area contributed by atoms with Crippen LogP contribution in [0.4, 0.5) is 0 Å². The Kier molecular flexibility index (Phi) is 5.56. The maximum atomic E-state index is 13.6. The third kappa shape index (κ3) is 3.81. The average molecular weight is 418 g/mol. The highest BCUT2D eigenvalue weighted by atomic mass is 32.2. The van der Waals surface area contributed by atoms with Gasteiger partial charge in [0.15, 0.2) is 0 Å². The van der Waals surface area contributed by atoms with E-state index in [4.69, 9.17) is 0 Å². The number of carbonyl (C=O) groups excluding carboxylic acids is 2. The molecule has 7 nitrogen and oxygen atoms in total. The lowest BCUT2D eigenvalue weighted by Crippen LogP contribution is -2.69. The Labute approximate surface area is 176 Å². The molecule has 0 spiro atoms. The molecule has 5 rings (SSSR count). The van der Waals surface area contributed by atoms with Gasteiger partial charge >= 0.3 is 0 Å². The first kappa shape index (κ1) is 19.4. The van der Waals surface area contributed by atoms with Crippen molar-refractivity contribution in [3.63, 3.8) is 0 Å². The lowest BCUT2D eigenvalue weighted by atomic mass is 9.71. The van der Waals surface area contributed by atoms with E-state index in [-0.39, 0.29) is 29.8 Å². The average Bonchev–Trinajstić information content (AvgIpc) is 3.27. The van der Waals surface area contributed by atoms with Crippen LogP contribution in [0.25, 0.3) is 0 Å². The summed E-state index contributed by atoms with van der Waals surface area (Å²) < 4.78 is 1.98. The minimum Gasteiger partial charge on any atom is -0.339 e. The van der Waals surface area contributed by atoms with E-state index in [1.807, 2.05) is 39.8 Å². The first-order valence-electron chi connectivity index (χ1n) is 11.1. The molecule has 4 aliphatic heterocycles. The molecule has 0 N–H and O–H groups in total. The Morgan fingerprint density at radius 1 is 1.17 bits per heavy atom. The van der Waals surface area contributed by atoms with E-state index in [9.17, 15) is 9.59 Å². The predicted octanol–water partition coefficient (Wildman–Crippen LogP) is 1.16. The molecule has 1 aromatic rings. The molecule has 2 amide bonds. The minimum atomic E-state index is -0.250. The number of thioether (sulfide) groups is 1. The van der Waals surface area contributed by atoms with Gasteiger partial charge in [-0.05, 0) is 31.2 Å². The highest BCUT2D eigenvalue weighted by Crippen LogP contribution is 2.42. The lowest BCUT2D eigenvalue weighted by Gasteiger charge is -2.56. The van der Waals surface area contributed by atoms with Crippen LogP contribution < -0.4 is 0 Å². The summed E-state index contributed by atoms with van der Waals surface area (Å²) in [5.41, 5.74) is 0. The van der Waals surface area contributed by atoms with Crippen molar-refractivity contribution in [1.82, 2.24) is 24.5 Å². The molecule has 4 atom stereocenters. The van der Waals surface area contributed by atoms with Crippen LogP contribution >= 0.6 is 11.8 Å². The fourth-order valence-electron chi connectivity index (χ4n) is 5.90. The van der Waals surface area contributed by atoms with E-state index < -0.39 is 0 Å². The Bertz CT molecular complexity index is 735. The molecule has 8 heteroatoms. The Morgan fingerprint density at radius 3 is 2.79 bits per heavy atom. The van der Waals surface area contributed by atoms with Crippen molar-refractivity contribution in [2.75, 3.05) is 44.2 Å². The summed E-state index contributed by atoms with van der Waals surface area (Å²) in [6.45, 7) is 5.43. The monoisotopic (exact) mass is 417 g/mol. The lowest BCUT2D eigenvalue weighted by molar-refractivity contribution is -0.165. The maximum absolute atomic E-state index is 13.6. The molecule has 29 heavy (non-hydrogen) atoms. The number of aromatic nitrogens is 2. The van der Waals surface area contributed by atoms with Gasteiger partial charge in [0.2, 0.25) is 11.8 Å². The van der Waals surface area contributed by atoms with Crippen LogP contribution in [-0.4, -0.2) is 92.6 Å². The Morgan fingerprint density at radius 2 is 2.00 bits per heavy atom. The zero-order valence-electron chi connectivity index (χ0n) is 17.0. The van der Waals surface area contributed by atoms with Crippen molar-refractivity contribution in [3.8, 4) is 0 Å². The fourth-order valence-corrected chi connectivity index (χ4v) is 6.80. The number of fused-ring (bicyclic) bond motifs is 4. The molecule has 158 valence electrons. The summed E-state index contributed by atoms with van der Waals surface area (Å²) in [5.74, 6) is 3.20. The first-order valence-corrected chi connectivity index (χ1v) is 12.2. The van der Waals surface area contributed by atoms with Gasteiger partial charge in [-0.3, -0.25) is 14.3 Å². The number of likely N-dealkylation sites (tertiary alicyclic amines) is 1. The van der Waals surface area contributed by atoms with Gasteiger partial charge in [-0.2, -0.15) is 16.9 Å². The second-order valence-electron chi connectivity index (χ2n) is 8.93. The minimum absolute atomic E-state index is 0.211. The van der Waals surface area contributed by atoms with Crippen molar-refractivity contribution in [2.24, 2.45) is 11.8 Å². The number of rotatable bonds is 4. The summed E-state index contributed by atoms with van der Waals surface area (Å²) in [6, 6.07) is 1.95. The molecule has 4 saturated heterocycles. The zero-order chi connectivity index (χ0) is 19.8. The summed E-state index contributed by atoms with van der Waals surface area (Å²) in [6.07, 6.45) is 7.55. The summed E-state index contributed by atoms with van der Waals surface area (Å²) >= 11 is 1.92. The normalized spacial score (nSPS) is 32.9. The van der Waals surface area contributed by atoms with Crippen LogP contribution in [0.2, 0.25) is 0 Å². The molecule has 0 aromatic carbocycles. The largest absolute Gasteiger partial charge is 0.339 e. The number of piperidine rings is 3. The van der Waals surface area contributed by atoms with Crippen LogP contribution in [0, 0.1) is 11.8 Å². The van der Waals surface area contributed by atoms with Crippen molar-refractivity contribution < 1.29 is 9.59 Å². The third-order valence-corrected chi connectivity index (χ3v) is 8.14. The third-order valence-electron chi connectivity index (χ3n) is 7.20. The van der Waals surface area contributed by atoms with E-state index in [2.05, 4.69) is 14.9 Å². The van der Waals surface area contributed by atoms with Crippen LogP contribution in [0.15, 0.2) is 18.5 Å². The summed E-state index contributed by atoms with van der Waals surface area (Å²) in [7, 11) is 0. The number of carbonyl (C=O) groups is 2. The van der Waals surface area contributed by atoms with E-state index in [0.29, 0.717) is 12.3 Å². The van der Waals surface area contributed by atoms with Crippen molar-refractivity contribution in [1.29, 1.82) is 0 Å². The first-order chi connectivity index (χ1) is 14.2. The van der Waals surface area contributed by atoms with E-state index in [0.717, 1.165) is 70.0 Å². The molecule has 0 unspecified atom stereocenters. The van der Waals surface area contributed by atoms with Gasteiger partial charge in [0.05, 0.1) is 6.54 Å². The van der Waals surface area contributed by atoms with Gasteiger partial charge in [0, 0.05) is 75.0 Å². The molecule has 5 heterocycles. The molecule has 2 bridgehead atoms. The summed E-state index contributed by atoms with van der Waals surface area (Å²) in [5, 5.41) is 4.33. The number of hydrogen-bond donors (Lipinski definition) is 0. The molecule has 4 fully saturated rings. The topological polar surface area (TPSA) is 61.7 Å². The number of amides is 2. The van der Waals surface area contributed by atoms with Gasteiger partial charge in [0.1, 0.15) is 6.04 Å². The van der Waals surface area contributed by atoms with Gasteiger partial charge in [-0.15, -0.1) is 0 Å². The molecular formula is C21H31N5O2S. The molecule has 0 saturated carbocycles. The SMILES string of the molecule is O=C([C@H]1[C@@H]2C[C@@H](CN(CCn3cccn3)C2)[C@@H]2CCCC(=O)N21)N1CCSCC1. The Balaban J connectivity index is 1.36. The second kappa shape index (κ2) is 8.30. The molecular weight excluding hydrogens is 386 g/mol. The van der Waals surface area contributed by atoms with Crippen LogP contribution in [0.5, 0.6) is 0 Å². The second-order valence-corrected chi connectivity index (χ2v) is 10.2. The summed E-state index contributed by atoms with van der Waals surface area (Å²) in [4.78, 5) is 33.1. The van der Waals surface area contributed by atoms with E-state index in [1.165, 1.54) is 0 Å². The van der Waals surface area contributed by atoms with Gasteiger partial charge in [0.25, 0.3) is 0 Å². The quantitative estimate of drug-likeness (QED) is 0.736. The highest BCUT2D eigenvalue weighted by Gasteiger charge is 2.52. The van der Waals surface area contributed by atoms with E-state index >= 15 is 0 Å². The number of nitrogens with zero attached hydrogens (tertiary/aromatic N) is 5. The van der Waals surface area contributed by atoms with Crippen LogP contribution in [0.1, 0.15) is 25.7 Å². The molecule has 4 aliphatic rings. The van der Waals surface area contributed by atoms with Gasteiger partial charge in [-0.25, -0.2) is 0 Å². The molecule has 0 radical (unpaired) electrons.